The Morgan fingerprint density at radius 2 is 1.68 bits per heavy atom. The summed E-state index contributed by atoms with van der Waals surface area (Å²) < 4.78 is 5.82. The number of nitrogens with zero attached hydrogens (tertiary/aromatic N) is 2. The minimum atomic E-state index is 0.0321. The van der Waals surface area contributed by atoms with Crippen LogP contribution in [0.15, 0.2) is 59.6 Å². The second-order valence-corrected chi connectivity index (χ2v) is 8.36. The maximum atomic E-state index is 9.73. The topological polar surface area (TPSA) is 69.1 Å². The Labute approximate surface area is 186 Å². The van der Waals surface area contributed by atoms with Crippen LogP contribution in [-0.4, -0.2) is 61.5 Å². The van der Waals surface area contributed by atoms with Crippen LogP contribution in [0.4, 0.5) is 0 Å². The second kappa shape index (κ2) is 11.8. The first-order chi connectivity index (χ1) is 15.1. The van der Waals surface area contributed by atoms with Crippen molar-refractivity contribution in [3.05, 3.63) is 71.3 Å². The van der Waals surface area contributed by atoms with E-state index < -0.39 is 0 Å². The Kier molecular flexibility index (Phi) is 8.88. The van der Waals surface area contributed by atoms with Gasteiger partial charge in [-0.3, -0.25) is 9.89 Å². The number of aliphatic imine (C=N–C) groups is 1. The van der Waals surface area contributed by atoms with E-state index in [0.29, 0.717) is 25.3 Å². The fraction of sp³-hybridized carbons (Fsp3) is 0.480. The molecule has 3 rings (SSSR count). The van der Waals surface area contributed by atoms with Crippen molar-refractivity contribution in [2.75, 3.05) is 33.3 Å². The van der Waals surface area contributed by atoms with Crippen LogP contribution >= 0.6 is 0 Å². The third-order valence-electron chi connectivity index (χ3n) is 5.62. The minimum absolute atomic E-state index is 0.0321. The SMILES string of the molecule is CN=C(NCc1ccc(CN2CC(C)OC(C)C2)cc1)NCC(CO)c1ccccc1. The fourth-order valence-corrected chi connectivity index (χ4v) is 4.07. The molecule has 6 heteroatoms. The average molecular weight is 425 g/mol. The van der Waals surface area contributed by atoms with Gasteiger partial charge in [0.15, 0.2) is 5.96 Å². The van der Waals surface area contributed by atoms with Crippen LogP contribution < -0.4 is 10.6 Å². The summed E-state index contributed by atoms with van der Waals surface area (Å²) in [5.41, 5.74) is 3.64. The number of guanidine groups is 1. The first kappa shape index (κ1) is 23.3. The molecule has 1 saturated heterocycles. The smallest absolute Gasteiger partial charge is 0.191 e. The molecule has 2 aromatic carbocycles. The highest BCUT2D eigenvalue weighted by Crippen LogP contribution is 2.15. The molecule has 1 aliphatic rings. The van der Waals surface area contributed by atoms with Gasteiger partial charge in [0.2, 0.25) is 0 Å². The molecule has 0 aromatic heterocycles. The Morgan fingerprint density at radius 1 is 1.03 bits per heavy atom. The van der Waals surface area contributed by atoms with E-state index in [1.165, 1.54) is 11.1 Å². The van der Waals surface area contributed by atoms with Crippen molar-refractivity contribution in [1.29, 1.82) is 0 Å². The van der Waals surface area contributed by atoms with Crippen LogP contribution in [0.1, 0.15) is 36.5 Å². The van der Waals surface area contributed by atoms with Gasteiger partial charge in [0, 0.05) is 45.7 Å². The molecule has 0 radical (unpaired) electrons. The van der Waals surface area contributed by atoms with Crippen LogP contribution in [0, 0.1) is 0 Å². The number of rotatable bonds is 8. The molecule has 3 unspecified atom stereocenters. The summed E-state index contributed by atoms with van der Waals surface area (Å²) in [5.74, 6) is 0.763. The summed E-state index contributed by atoms with van der Waals surface area (Å²) >= 11 is 0. The fourth-order valence-electron chi connectivity index (χ4n) is 4.07. The maximum absolute atomic E-state index is 9.73. The van der Waals surface area contributed by atoms with Crippen molar-refractivity contribution in [2.45, 2.75) is 45.1 Å². The van der Waals surface area contributed by atoms with Crippen molar-refractivity contribution >= 4 is 5.96 Å². The molecule has 1 fully saturated rings. The molecule has 0 saturated carbocycles. The number of morpholine rings is 1. The van der Waals surface area contributed by atoms with Crippen molar-refractivity contribution in [3.63, 3.8) is 0 Å². The summed E-state index contributed by atoms with van der Waals surface area (Å²) in [4.78, 5) is 6.77. The molecule has 3 atom stereocenters. The lowest BCUT2D eigenvalue weighted by molar-refractivity contribution is -0.0704. The Morgan fingerprint density at radius 3 is 2.29 bits per heavy atom. The van der Waals surface area contributed by atoms with E-state index in [9.17, 15) is 5.11 Å². The minimum Gasteiger partial charge on any atom is -0.396 e. The van der Waals surface area contributed by atoms with E-state index in [0.717, 1.165) is 31.2 Å². The predicted octanol–water partition coefficient (Wildman–Crippen LogP) is 2.74. The summed E-state index contributed by atoms with van der Waals surface area (Å²) in [6, 6.07) is 18.8. The van der Waals surface area contributed by atoms with Gasteiger partial charge in [-0.15, -0.1) is 0 Å². The third-order valence-corrected chi connectivity index (χ3v) is 5.62. The van der Waals surface area contributed by atoms with E-state index in [-0.39, 0.29) is 12.5 Å². The van der Waals surface area contributed by atoms with E-state index in [1.54, 1.807) is 7.05 Å². The number of hydrogen-bond acceptors (Lipinski definition) is 4. The van der Waals surface area contributed by atoms with Gasteiger partial charge >= 0.3 is 0 Å². The molecule has 0 amide bonds. The van der Waals surface area contributed by atoms with Gasteiger partial charge in [-0.25, -0.2) is 0 Å². The van der Waals surface area contributed by atoms with Gasteiger partial charge in [0.25, 0.3) is 0 Å². The molecule has 0 bridgehead atoms. The van der Waals surface area contributed by atoms with E-state index in [2.05, 4.69) is 58.6 Å². The van der Waals surface area contributed by atoms with Crippen molar-refractivity contribution in [1.82, 2.24) is 15.5 Å². The van der Waals surface area contributed by atoms with Crippen LogP contribution in [0.2, 0.25) is 0 Å². The molecular formula is C25H36N4O2. The summed E-state index contributed by atoms with van der Waals surface area (Å²) in [6.45, 7) is 8.60. The second-order valence-electron chi connectivity index (χ2n) is 8.36. The predicted molar refractivity (Wildman–Crippen MR) is 126 cm³/mol. The highest BCUT2D eigenvalue weighted by atomic mass is 16.5. The molecule has 168 valence electrons. The Balaban J connectivity index is 1.46. The van der Waals surface area contributed by atoms with Crippen molar-refractivity contribution in [3.8, 4) is 0 Å². The Hall–Kier alpha value is -2.41. The summed E-state index contributed by atoms with van der Waals surface area (Å²) in [6.07, 6.45) is 0.581. The molecule has 6 nitrogen and oxygen atoms in total. The molecule has 0 aliphatic carbocycles. The van der Waals surface area contributed by atoms with Crippen LogP contribution in [0.25, 0.3) is 0 Å². The van der Waals surface area contributed by atoms with Crippen molar-refractivity contribution < 1.29 is 9.84 Å². The zero-order valence-corrected chi connectivity index (χ0v) is 18.9. The van der Waals surface area contributed by atoms with E-state index in [1.807, 2.05) is 30.3 Å². The zero-order chi connectivity index (χ0) is 22.1. The lowest BCUT2D eigenvalue weighted by Crippen LogP contribution is -2.44. The summed E-state index contributed by atoms with van der Waals surface area (Å²) in [7, 11) is 1.76. The zero-order valence-electron chi connectivity index (χ0n) is 18.9. The number of ether oxygens (including phenoxy) is 1. The molecule has 0 spiro atoms. The molecular weight excluding hydrogens is 388 g/mol. The molecule has 2 aromatic rings. The largest absolute Gasteiger partial charge is 0.396 e. The monoisotopic (exact) mass is 424 g/mol. The van der Waals surface area contributed by atoms with E-state index in [4.69, 9.17) is 4.74 Å². The number of nitrogens with one attached hydrogen (secondary N) is 2. The quantitative estimate of drug-likeness (QED) is 0.449. The molecule has 1 aliphatic heterocycles. The number of benzene rings is 2. The van der Waals surface area contributed by atoms with Gasteiger partial charge < -0.3 is 20.5 Å². The van der Waals surface area contributed by atoms with E-state index >= 15 is 0 Å². The van der Waals surface area contributed by atoms with Crippen LogP contribution in [0.5, 0.6) is 0 Å². The van der Waals surface area contributed by atoms with Crippen molar-refractivity contribution in [2.24, 2.45) is 4.99 Å². The first-order valence-electron chi connectivity index (χ1n) is 11.1. The lowest BCUT2D eigenvalue weighted by atomic mass is 10.0. The van der Waals surface area contributed by atoms with Gasteiger partial charge in [0.05, 0.1) is 18.8 Å². The van der Waals surface area contributed by atoms with Gasteiger partial charge in [-0.05, 0) is 30.5 Å². The van der Waals surface area contributed by atoms with Crippen LogP contribution in [0.3, 0.4) is 0 Å². The summed E-state index contributed by atoms with van der Waals surface area (Å²) in [5, 5.41) is 16.4. The number of hydrogen-bond donors (Lipinski definition) is 3. The maximum Gasteiger partial charge on any atom is 0.191 e. The molecule has 31 heavy (non-hydrogen) atoms. The Bertz CT molecular complexity index is 800. The number of aliphatic hydroxyl groups excluding tert-OH is 1. The lowest BCUT2D eigenvalue weighted by Gasteiger charge is -2.35. The van der Waals surface area contributed by atoms with Gasteiger partial charge in [-0.2, -0.15) is 0 Å². The molecule has 3 N–H and O–H groups in total. The third kappa shape index (κ3) is 7.35. The number of aliphatic hydroxyl groups is 1. The average Bonchev–Trinajstić information content (AvgIpc) is 2.77. The first-order valence-corrected chi connectivity index (χ1v) is 11.1. The van der Waals surface area contributed by atoms with Crippen LogP contribution in [-0.2, 0) is 17.8 Å². The highest BCUT2D eigenvalue weighted by molar-refractivity contribution is 5.79. The highest BCUT2D eigenvalue weighted by Gasteiger charge is 2.21. The van der Waals surface area contributed by atoms with Gasteiger partial charge in [0.1, 0.15) is 0 Å². The standard InChI is InChI=1S/C25H36N4O2/c1-19-15-29(16-20(2)31-19)17-22-11-9-21(10-12-22)13-27-25(26-3)28-14-24(18-30)23-7-5-4-6-8-23/h4-12,19-20,24,30H,13-18H2,1-3H3,(H2,26,27,28). The van der Waals surface area contributed by atoms with Gasteiger partial charge in [-0.1, -0.05) is 54.6 Å². The molecule has 1 heterocycles. The normalized spacial score (nSPS) is 21.0.